The van der Waals surface area contributed by atoms with E-state index in [0.29, 0.717) is 10.1 Å². The fraction of sp³-hybridized carbons (Fsp3) is 0.267. The Labute approximate surface area is 136 Å². The van der Waals surface area contributed by atoms with Crippen LogP contribution in [-0.2, 0) is 21.3 Å². The van der Waals surface area contributed by atoms with Gasteiger partial charge in [0.2, 0.25) is 5.91 Å². The second-order valence-electron chi connectivity index (χ2n) is 4.61. The highest BCUT2D eigenvalue weighted by atomic mass is 35.5. The van der Waals surface area contributed by atoms with Crippen molar-refractivity contribution in [2.45, 2.75) is 17.9 Å². The molecule has 0 saturated heterocycles. The molecule has 0 fully saturated rings. The molecule has 1 heterocycles. The third-order valence-electron chi connectivity index (χ3n) is 3.13. The first kappa shape index (κ1) is 16.2. The Morgan fingerprint density at radius 1 is 1.29 bits per heavy atom. The molecule has 0 bridgehead atoms. The van der Waals surface area contributed by atoms with Crippen LogP contribution >= 0.6 is 22.9 Å². The second kappa shape index (κ2) is 7.20. The summed E-state index contributed by atoms with van der Waals surface area (Å²) in [5.41, 5.74) is 0.797. The Kier molecular flexibility index (Phi) is 5.56. The van der Waals surface area contributed by atoms with E-state index in [0.717, 1.165) is 10.6 Å². The summed E-state index contributed by atoms with van der Waals surface area (Å²) in [6.07, 6.45) is 0. The zero-order valence-corrected chi connectivity index (χ0v) is 14.2. The standard InChI is InChI=1S/C15H16ClNO2S2/c1-11(21(19)10-13-8-9-14(16)20-13)15(18)17(2)12-6-4-3-5-7-12/h3-9,11H,10H2,1-2H3/t11-,21-/m0/s1. The van der Waals surface area contributed by atoms with Gasteiger partial charge in [0.25, 0.3) is 0 Å². The number of hydrogen-bond acceptors (Lipinski definition) is 3. The van der Waals surface area contributed by atoms with Crippen LogP contribution in [0.25, 0.3) is 0 Å². The van der Waals surface area contributed by atoms with Gasteiger partial charge in [-0.05, 0) is 31.2 Å². The van der Waals surface area contributed by atoms with Gasteiger partial charge >= 0.3 is 0 Å². The number of hydrogen-bond donors (Lipinski definition) is 0. The Hall–Kier alpha value is -1.17. The number of thiophene rings is 1. The maximum Gasteiger partial charge on any atom is 0.242 e. The van der Waals surface area contributed by atoms with Crippen molar-refractivity contribution in [3.8, 4) is 0 Å². The number of benzene rings is 1. The van der Waals surface area contributed by atoms with Crippen LogP contribution in [0.5, 0.6) is 0 Å². The maximum absolute atomic E-state index is 12.4. The van der Waals surface area contributed by atoms with Crippen molar-refractivity contribution >= 4 is 45.3 Å². The average Bonchev–Trinajstić information content (AvgIpc) is 2.90. The summed E-state index contributed by atoms with van der Waals surface area (Å²) < 4.78 is 13.0. The lowest BCUT2D eigenvalue weighted by molar-refractivity contribution is -0.117. The number of halogens is 1. The summed E-state index contributed by atoms with van der Waals surface area (Å²) in [7, 11) is 0.435. The topological polar surface area (TPSA) is 37.4 Å². The zero-order chi connectivity index (χ0) is 15.4. The van der Waals surface area contributed by atoms with Crippen molar-refractivity contribution in [2.75, 3.05) is 11.9 Å². The highest BCUT2D eigenvalue weighted by molar-refractivity contribution is 7.85. The molecule has 0 unspecified atom stereocenters. The molecule has 0 aliphatic carbocycles. The molecule has 0 radical (unpaired) electrons. The summed E-state index contributed by atoms with van der Waals surface area (Å²) in [6.45, 7) is 1.70. The molecule has 112 valence electrons. The zero-order valence-electron chi connectivity index (χ0n) is 11.8. The third-order valence-corrected chi connectivity index (χ3v) is 6.13. The van der Waals surface area contributed by atoms with Crippen LogP contribution in [-0.4, -0.2) is 22.4 Å². The van der Waals surface area contributed by atoms with E-state index in [1.165, 1.54) is 11.3 Å². The van der Waals surface area contributed by atoms with Crippen molar-refractivity contribution in [3.63, 3.8) is 0 Å². The smallest absolute Gasteiger partial charge is 0.242 e. The lowest BCUT2D eigenvalue weighted by atomic mass is 10.3. The number of para-hydroxylation sites is 1. The van der Waals surface area contributed by atoms with Crippen LogP contribution in [0.3, 0.4) is 0 Å². The number of amides is 1. The molecule has 2 atom stereocenters. The van der Waals surface area contributed by atoms with Crippen LogP contribution < -0.4 is 4.90 Å². The average molecular weight is 342 g/mol. The quantitative estimate of drug-likeness (QED) is 0.831. The largest absolute Gasteiger partial charge is 0.314 e. The van der Waals surface area contributed by atoms with Gasteiger partial charge in [-0.1, -0.05) is 29.8 Å². The van der Waals surface area contributed by atoms with E-state index in [1.807, 2.05) is 36.4 Å². The van der Waals surface area contributed by atoms with E-state index in [1.54, 1.807) is 24.9 Å². The van der Waals surface area contributed by atoms with Gasteiger partial charge < -0.3 is 4.90 Å². The molecular weight excluding hydrogens is 326 g/mol. The van der Waals surface area contributed by atoms with Gasteiger partial charge in [-0.15, -0.1) is 11.3 Å². The molecule has 2 aromatic rings. The first-order valence-electron chi connectivity index (χ1n) is 6.43. The van der Waals surface area contributed by atoms with Gasteiger partial charge in [0.15, 0.2) is 0 Å². The monoisotopic (exact) mass is 341 g/mol. The summed E-state index contributed by atoms with van der Waals surface area (Å²) in [4.78, 5) is 14.9. The molecular formula is C15H16ClNO2S2. The van der Waals surface area contributed by atoms with Crippen molar-refractivity contribution in [3.05, 3.63) is 51.7 Å². The number of rotatable bonds is 5. The van der Waals surface area contributed by atoms with E-state index >= 15 is 0 Å². The van der Waals surface area contributed by atoms with Gasteiger partial charge in [-0.25, -0.2) is 0 Å². The van der Waals surface area contributed by atoms with Gasteiger partial charge in [-0.3, -0.25) is 9.00 Å². The molecule has 2 rings (SSSR count). The van der Waals surface area contributed by atoms with Gasteiger partial charge in [0, 0.05) is 28.4 Å². The summed E-state index contributed by atoms with van der Waals surface area (Å²) in [5.74, 6) is 0.203. The van der Waals surface area contributed by atoms with E-state index in [4.69, 9.17) is 11.6 Å². The van der Waals surface area contributed by atoms with Gasteiger partial charge in [0.1, 0.15) is 5.25 Å². The van der Waals surface area contributed by atoms with Crippen molar-refractivity contribution < 1.29 is 9.00 Å². The van der Waals surface area contributed by atoms with Crippen LogP contribution in [0.2, 0.25) is 4.34 Å². The van der Waals surface area contributed by atoms with E-state index < -0.39 is 16.0 Å². The number of anilines is 1. The van der Waals surface area contributed by atoms with Crippen molar-refractivity contribution in [1.29, 1.82) is 0 Å². The molecule has 3 nitrogen and oxygen atoms in total. The summed E-state index contributed by atoms with van der Waals surface area (Å²) >= 11 is 7.26. The Morgan fingerprint density at radius 2 is 1.95 bits per heavy atom. The number of carbonyl (C=O) groups is 1. The minimum Gasteiger partial charge on any atom is -0.314 e. The number of nitrogens with zero attached hydrogens (tertiary/aromatic N) is 1. The Morgan fingerprint density at radius 3 is 2.52 bits per heavy atom. The fourth-order valence-corrected chi connectivity index (χ4v) is 4.34. The van der Waals surface area contributed by atoms with E-state index in [9.17, 15) is 9.00 Å². The molecule has 0 aliphatic rings. The predicted molar refractivity (Wildman–Crippen MR) is 90.5 cm³/mol. The Bertz CT molecular complexity index is 642. The molecule has 0 aliphatic heterocycles. The summed E-state index contributed by atoms with van der Waals surface area (Å²) in [5, 5.41) is -0.559. The van der Waals surface area contributed by atoms with Gasteiger partial charge in [0.05, 0.1) is 10.1 Å². The van der Waals surface area contributed by atoms with Crippen LogP contribution in [0.15, 0.2) is 42.5 Å². The molecule has 1 aromatic carbocycles. The molecule has 1 amide bonds. The minimum atomic E-state index is -1.27. The molecule has 0 saturated carbocycles. The fourth-order valence-electron chi connectivity index (χ4n) is 1.86. The maximum atomic E-state index is 12.4. The summed E-state index contributed by atoms with van der Waals surface area (Å²) in [6, 6.07) is 13.0. The number of carbonyl (C=O) groups excluding carboxylic acids is 1. The highest BCUT2D eigenvalue weighted by Gasteiger charge is 2.24. The molecule has 6 heteroatoms. The lowest BCUT2D eigenvalue weighted by Gasteiger charge is -2.21. The molecule has 21 heavy (non-hydrogen) atoms. The van der Waals surface area contributed by atoms with Crippen molar-refractivity contribution in [1.82, 2.24) is 0 Å². The predicted octanol–water partition coefficient (Wildman–Crippen LogP) is 3.70. The van der Waals surface area contributed by atoms with E-state index in [-0.39, 0.29) is 5.91 Å². The van der Waals surface area contributed by atoms with E-state index in [2.05, 4.69) is 0 Å². The second-order valence-corrected chi connectivity index (χ2v) is 8.16. The van der Waals surface area contributed by atoms with Crippen LogP contribution in [0.4, 0.5) is 5.69 Å². The molecule has 0 spiro atoms. The first-order chi connectivity index (χ1) is 9.99. The SMILES string of the molecule is C[C@@H](C(=O)N(C)c1ccccc1)[S@@](=O)Cc1ccc(Cl)s1. The molecule has 0 N–H and O–H groups in total. The minimum absolute atomic E-state index is 0.151. The van der Waals surface area contributed by atoms with Crippen molar-refractivity contribution in [2.24, 2.45) is 0 Å². The lowest BCUT2D eigenvalue weighted by Crippen LogP contribution is -2.37. The Balaban J connectivity index is 2.03. The van der Waals surface area contributed by atoms with Crippen LogP contribution in [0, 0.1) is 0 Å². The normalized spacial score (nSPS) is 13.7. The van der Waals surface area contributed by atoms with Gasteiger partial charge in [-0.2, -0.15) is 0 Å². The highest BCUT2D eigenvalue weighted by Crippen LogP contribution is 2.23. The molecule has 1 aromatic heterocycles. The third kappa shape index (κ3) is 4.15. The first-order valence-corrected chi connectivity index (χ1v) is 9.00. The van der Waals surface area contributed by atoms with Crippen LogP contribution in [0.1, 0.15) is 11.8 Å².